The molecule has 0 spiro atoms. The van der Waals surface area contributed by atoms with Gasteiger partial charge in [-0.2, -0.15) is 0 Å². The summed E-state index contributed by atoms with van der Waals surface area (Å²) in [5.41, 5.74) is 0. The summed E-state index contributed by atoms with van der Waals surface area (Å²) in [5.74, 6) is 0.592. The van der Waals surface area contributed by atoms with Crippen LogP contribution in [0, 0.1) is 5.92 Å². The number of amides is 1. The van der Waals surface area contributed by atoms with Crippen molar-refractivity contribution < 1.29 is 4.79 Å². The zero-order valence-corrected chi connectivity index (χ0v) is 11.1. The second kappa shape index (κ2) is 5.83. The molecule has 98 valence electrons. The molecule has 4 nitrogen and oxygen atoms in total. The predicted molar refractivity (Wildman–Crippen MR) is 68.9 cm³/mol. The molecule has 0 saturated carbocycles. The first-order valence-corrected chi connectivity index (χ1v) is 6.88. The van der Waals surface area contributed by atoms with Crippen molar-refractivity contribution in [2.45, 2.75) is 32.2 Å². The van der Waals surface area contributed by atoms with Gasteiger partial charge in [-0.1, -0.05) is 0 Å². The van der Waals surface area contributed by atoms with Crippen LogP contribution in [0.5, 0.6) is 0 Å². The van der Waals surface area contributed by atoms with Crippen LogP contribution in [0.1, 0.15) is 26.2 Å². The van der Waals surface area contributed by atoms with E-state index in [9.17, 15) is 4.79 Å². The maximum atomic E-state index is 12.5. The van der Waals surface area contributed by atoms with E-state index in [1.54, 1.807) is 0 Å². The van der Waals surface area contributed by atoms with E-state index in [1.165, 1.54) is 0 Å². The zero-order valence-electron chi connectivity index (χ0n) is 11.1. The minimum absolute atomic E-state index is 0.217. The lowest BCUT2D eigenvalue weighted by atomic mass is 9.97. The number of hydrogen-bond acceptors (Lipinski definition) is 3. The largest absolute Gasteiger partial charge is 0.338 e. The minimum Gasteiger partial charge on any atom is -0.338 e. The number of piperidine rings is 1. The molecule has 0 aliphatic carbocycles. The van der Waals surface area contributed by atoms with Crippen molar-refractivity contribution in [3.63, 3.8) is 0 Å². The third-order valence-electron chi connectivity index (χ3n) is 3.98. The molecule has 1 N–H and O–H groups in total. The lowest BCUT2D eigenvalue weighted by Gasteiger charge is -2.33. The molecule has 2 rings (SSSR count). The van der Waals surface area contributed by atoms with Crippen molar-refractivity contribution in [1.29, 1.82) is 0 Å². The fourth-order valence-corrected chi connectivity index (χ4v) is 3.00. The normalized spacial score (nSPS) is 32.2. The van der Waals surface area contributed by atoms with Gasteiger partial charge in [0, 0.05) is 25.7 Å². The van der Waals surface area contributed by atoms with Gasteiger partial charge in [-0.15, -0.1) is 0 Å². The van der Waals surface area contributed by atoms with Gasteiger partial charge >= 0.3 is 0 Å². The monoisotopic (exact) mass is 239 g/mol. The molecule has 1 amide bonds. The van der Waals surface area contributed by atoms with Gasteiger partial charge in [0.15, 0.2) is 0 Å². The maximum absolute atomic E-state index is 12.5. The van der Waals surface area contributed by atoms with E-state index in [0.29, 0.717) is 11.9 Å². The fraction of sp³-hybridized carbons (Fsp3) is 0.923. The van der Waals surface area contributed by atoms with E-state index in [4.69, 9.17) is 0 Å². The zero-order chi connectivity index (χ0) is 12.3. The molecule has 2 aliphatic heterocycles. The molecule has 2 heterocycles. The Morgan fingerprint density at radius 3 is 2.82 bits per heavy atom. The average Bonchev–Trinajstić information content (AvgIpc) is 2.50. The predicted octanol–water partition coefficient (Wildman–Crippen LogP) is 0.539. The Morgan fingerprint density at radius 1 is 1.29 bits per heavy atom. The van der Waals surface area contributed by atoms with Crippen LogP contribution in [0.3, 0.4) is 0 Å². The van der Waals surface area contributed by atoms with E-state index in [2.05, 4.69) is 29.1 Å². The Kier molecular flexibility index (Phi) is 4.40. The second-order valence-electron chi connectivity index (χ2n) is 5.54. The highest BCUT2D eigenvalue weighted by molar-refractivity contribution is 5.79. The van der Waals surface area contributed by atoms with E-state index >= 15 is 0 Å². The van der Waals surface area contributed by atoms with Crippen molar-refractivity contribution in [3.8, 4) is 0 Å². The number of hydrogen-bond donors (Lipinski definition) is 1. The molecule has 0 bridgehead atoms. The molecule has 2 fully saturated rings. The van der Waals surface area contributed by atoms with Crippen LogP contribution in [0.4, 0.5) is 0 Å². The number of nitrogens with one attached hydrogen (secondary N) is 1. The topological polar surface area (TPSA) is 35.6 Å². The highest BCUT2D eigenvalue weighted by Crippen LogP contribution is 2.17. The Morgan fingerprint density at radius 2 is 2.12 bits per heavy atom. The maximum Gasteiger partial charge on any atom is 0.227 e. The van der Waals surface area contributed by atoms with Gasteiger partial charge in [-0.3, -0.25) is 4.79 Å². The first-order chi connectivity index (χ1) is 8.18. The molecular formula is C13H25N3O. The summed E-state index contributed by atoms with van der Waals surface area (Å²) in [6, 6.07) is 0.358. The molecule has 2 aliphatic rings. The van der Waals surface area contributed by atoms with Crippen LogP contribution in [0.25, 0.3) is 0 Å². The smallest absolute Gasteiger partial charge is 0.227 e. The third-order valence-corrected chi connectivity index (χ3v) is 3.98. The molecule has 0 aromatic carbocycles. The third kappa shape index (κ3) is 3.19. The summed E-state index contributed by atoms with van der Waals surface area (Å²) in [6.45, 7) is 7.17. The van der Waals surface area contributed by atoms with E-state index < -0.39 is 0 Å². The Hall–Kier alpha value is -0.610. The van der Waals surface area contributed by atoms with Crippen molar-refractivity contribution >= 4 is 5.91 Å². The van der Waals surface area contributed by atoms with Crippen LogP contribution in [-0.2, 0) is 4.79 Å². The molecule has 1 unspecified atom stereocenters. The highest BCUT2D eigenvalue weighted by Gasteiger charge is 2.30. The number of carbonyl (C=O) groups is 1. The number of likely N-dealkylation sites (N-methyl/N-ethyl adjacent to an activating group) is 1. The number of carbonyl (C=O) groups excluding carboxylic acids is 1. The van der Waals surface area contributed by atoms with Gasteiger partial charge in [-0.05, 0) is 46.3 Å². The molecular weight excluding hydrogens is 214 g/mol. The average molecular weight is 239 g/mol. The molecule has 0 aromatic rings. The highest BCUT2D eigenvalue weighted by atomic mass is 16.2. The Labute approximate surface area is 104 Å². The molecule has 0 aromatic heterocycles. The van der Waals surface area contributed by atoms with E-state index in [0.717, 1.165) is 52.0 Å². The van der Waals surface area contributed by atoms with Crippen LogP contribution in [0.2, 0.25) is 0 Å². The van der Waals surface area contributed by atoms with Gasteiger partial charge in [0.05, 0.1) is 5.92 Å². The first kappa shape index (κ1) is 12.8. The van der Waals surface area contributed by atoms with Gasteiger partial charge in [0.1, 0.15) is 0 Å². The summed E-state index contributed by atoms with van der Waals surface area (Å²) in [5, 5.41) is 3.34. The summed E-state index contributed by atoms with van der Waals surface area (Å²) < 4.78 is 0. The van der Waals surface area contributed by atoms with Gasteiger partial charge < -0.3 is 15.1 Å². The molecule has 2 atom stereocenters. The Balaban J connectivity index is 1.96. The lowest BCUT2D eigenvalue weighted by molar-refractivity contribution is -0.138. The number of rotatable bonds is 1. The number of nitrogens with zero attached hydrogens (tertiary/aromatic N) is 2. The Bertz CT molecular complexity index is 263. The summed E-state index contributed by atoms with van der Waals surface area (Å²) in [4.78, 5) is 16.9. The standard InChI is InChI=1S/C13H25N3O/c1-11-10-15(2)7-4-8-16(11)13(17)12-5-3-6-14-9-12/h11-12,14H,3-10H2,1-2H3/t11?,12-/m1/s1. The van der Waals surface area contributed by atoms with Crippen molar-refractivity contribution in [2.24, 2.45) is 5.92 Å². The summed E-state index contributed by atoms with van der Waals surface area (Å²) in [7, 11) is 2.15. The van der Waals surface area contributed by atoms with Crippen molar-refractivity contribution in [1.82, 2.24) is 15.1 Å². The van der Waals surface area contributed by atoms with Gasteiger partial charge in [0.25, 0.3) is 0 Å². The van der Waals surface area contributed by atoms with Crippen molar-refractivity contribution in [3.05, 3.63) is 0 Å². The molecule has 0 radical (unpaired) electrons. The van der Waals surface area contributed by atoms with Crippen LogP contribution >= 0.6 is 0 Å². The first-order valence-electron chi connectivity index (χ1n) is 6.88. The van der Waals surface area contributed by atoms with Crippen LogP contribution in [0.15, 0.2) is 0 Å². The second-order valence-corrected chi connectivity index (χ2v) is 5.54. The van der Waals surface area contributed by atoms with Crippen LogP contribution < -0.4 is 5.32 Å². The van der Waals surface area contributed by atoms with Gasteiger partial charge in [-0.25, -0.2) is 0 Å². The summed E-state index contributed by atoms with van der Waals surface area (Å²) in [6.07, 6.45) is 3.30. The van der Waals surface area contributed by atoms with Gasteiger partial charge in [0.2, 0.25) is 5.91 Å². The fourth-order valence-electron chi connectivity index (χ4n) is 3.00. The molecule has 17 heavy (non-hydrogen) atoms. The molecule has 2 saturated heterocycles. The lowest BCUT2D eigenvalue weighted by Crippen LogP contribution is -2.48. The van der Waals surface area contributed by atoms with Crippen LogP contribution in [-0.4, -0.2) is 61.5 Å². The quantitative estimate of drug-likeness (QED) is 0.725. The van der Waals surface area contributed by atoms with E-state index in [1.807, 2.05) is 0 Å². The summed E-state index contributed by atoms with van der Waals surface area (Å²) >= 11 is 0. The van der Waals surface area contributed by atoms with E-state index in [-0.39, 0.29) is 5.92 Å². The van der Waals surface area contributed by atoms with Crippen molar-refractivity contribution in [2.75, 3.05) is 39.8 Å². The minimum atomic E-state index is 0.217. The molecule has 4 heteroatoms. The SMILES string of the molecule is CC1CN(C)CCCN1C(=O)[C@@H]1CCCNC1.